The van der Waals surface area contributed by atoms with Crippen molar-refractivity contribution in [1.29, 1.82) is 0 Å². The number of rotatable bonds is 4. The highest BCUT2D eigenvalue weighted by Gasteiger charge is 2.30. The Hall–Kier alpha value is -1.91. The Morgan fingerprint density at radius 2 is 1.65 bits per heavy atom. The molecule has 5 nitrogen and oxygen atoms in total. The minimum Gasteiger partial charge on any atom is -0.459 e. The lowest BCUT2D eigenvalue weighted by atomic mass is 9.94. The lowest BCUT2D eigenvalue weighted by molar-refractivity contribution is -0.384. The van der Waals surface area contributed by atoms with E-state index in [1.165, 1.54) is 12.1 Å². The number of nitro benzene ring substituents is 1. The smallest absolute Gasteiger partial charge is 0.311 e. The lowest BCUT2D eigenvalue weighted by Gasteiger charge is -2.29. The number of esters is 1. The maximum atomic E-state index is 11.9. The fourth-order valence-electron chi connectivity index (χ4n) is 1.67. The lowest BCUT2D eigenvalue weighted by Crippen LogP contribution is -2.35. The molecular formula is C15H21NO4. The van der Waals surface area contributed by atoms with E-state index in [4.69, 9.17) is 4.74 Å². The number of nitro groups is 1. The van der Waals surface area contributed by atoms with Crippen molar-refractivity contribution < 1.29 is 14.5 Å². The molecule has 0 spiro atoms. The van der Waals surface area contributed by atoms with Gasteiger partial charge >= 0.3 is 5.97 Å². The third-order valence-corrected chi connectivity index (χ3v) is 2.76. The number of carbonyl (C=O) groups is 1. The van der Waals surface area contributed by atoms with Gasteiger partial charge in [-0.1, -0.05) is 12.1 Å². The van der Waals surface area contributed by atoms with Gasteiger partial charge in [-0.25, -0.2) is 0 Å². The first kappa shape index (κ1) is 16.1. The number of benzene rings is 1. The Kier molecular flexibility index (Phi) is 4.53. The molecule has 0 radical (unpaired) electrons. The van der Waals surface area contributed by atoms with Gasteiger partial charge in [-0.3, -0.25) is 14.9 Å². The molecule has 0 unspecified atom stereocenters. The Bertz CT molecular complexity index is 498. The van der Waals surface area contributed by atoms with Crippen LogP contribution in [0.2, 0.25) is 0 Å². The molecule has 0 N–H and O–H groups in total. The molecule has 0 aliphatic heterocycles. The van der Waals surface area contributed by atoms with E-state index in [0.29, 0.717) is 6.42 Å². The number of non-ortho nitro benzene ring substituents is 1. The monoisotopic (exact) mass is 279 g/mol. The molecule has 110 valence electrons. The van der Waals surface area contributed by atoms with Crippen LogP contribution in [0.15, 0.2) is 24.3 Å². The Morgan fingerprint density at radius 1 is 1.15 bits per heavy atom. The van der Waals surface area contributed by atoms with Gasteiger partial charge in [-0.05, 0) is 40.2 Å². The van der Waals surface area contributed by atoms with Crippen LogP contribution in [0.1, 0.15) is 40.2 Å². The molecule has 0 bridgehead atoms. The van der Waals surface area contributed by atoms with E-state index in [1.807, 2.05) is 13.8 Å². The van der Waals surface area contributed by atoms with Crippen molar-refractivity contribution in [1.82, 2.24) is 0 Å². The summed E-state index contributed by atoms with van der Waals surface area (Å²) in [7, 11) is 0. The van der Waals surface area contributed by atoms with Crippen molar-refractivity contribution in [3.63, 3.8) is 0 Å². The van der Waals surface area contributed by atoms with Crippen molar-refractivity contribution in [2.45, 2.75) is 46.6 Å². The summed E-state index contributed by atoms with van der Waals surface area (Å²) in [5.41, 5.74) is -0.256. The van der Waals surface area contributed by atoms with Crippen LogP contribution in [-0.2, 0) is 16.0 Å². The third-order valence-electron chi connectivity index (χ3n) is 2.76. The molecule has 20 heavy (non-hydrogen) atoms. The van der Waals surface area contributed by atoms with Crippen LogP contribution in [0.3, 0.4) is 0 Å². The van der Waals surface area contributed by atoms with Crippen LogP contribution in [0.25, 0.3) is 0 Å². The highest BCUT2D eigenvalue weighted by molar-refractivity contribution is 5.75. The zero-order valence-corrected chi connectivity index (χ0v) is 12.6. The minimum absolute atomic E-state index is 0.0539. The van der Waals surface area contributed by atoms with Gasteiger partial charge in [0.2, 0.25) is 0 Å². The standard InChI is InChI=1S/C15H21NO4/c1-14(2,3)13(17)20-15(4,5)10-11-6-8-12(9-7-11)16(18)19/h6-9H,10H2,1-5H3. The normalized spacial score (nSPS) is 12.1. The third kappa shape index (κ3) is 4.64. The number of hydrogen-bond acceptors (Lipinski definition) is 4. The predicted molar refractivity (Wildman–Crippen MR) is 76.4 cm³/mol. The van der Waals surface area contributed by atoms with Gasteiger partial charge in [0.15, 0.2) is 0 Å². The van der Waals surface area contributed by atoms with Gasteiger partial charge in [0, 0.05) is 18.6 Å². The molecule has 0 saturated heterocycles. The van der Waals surface area contributed by atoms with Gasteiger partial charge < -0.3 is 4.74 Å². The SMILES string of the molecule is CC(C)(Cc1ccc([N+](=O)[O-])cc1)OC(=O)C(C)(C)C. The molecule has 5 heteroatoms. The molecule has 0 amide bonds. The summed E-state index contributed by atoms with van der Waals surface area (Å²) < 4.78 is 5.51. The Balaban J connectivity index is 2.75. The molecule has 0 aliphatic rings. The average molecular weight is 279 g/mol. The second kappa shape index (κ2) is 5.61. The van der Waals surface area contributed by atoms with E-state index in [2.05, 4.69) is 0 Å². The molecule has 0 heterocycles. The topological polar surface area (TPSA) is 69.4 Å². The molecule has 0 aromatic heterocycles. The van der Waals surface area contributed by atoms with Gasteiger partial charge in [0.25, 0.3) is 5.69 Å². The molecule has 1 rings (SSSR count). The van der Waals surface area contributed by atoms with Gasteiger partial charge in [0.05, 0.1) is 10.3 Å². The first-order chi connectivity index (χ1) is 9.01. The number of ether oxygens (including phenoxy) is 1. The summed E-state index contributed by atoms with van der Waals surface area (Å²) in [6, 6.07) is 6.28. The highest BCUT2D eigenvalue weighted by atomic mass is 16.6. The second-order valence-electron chi connectivity index (χ2n) is 6.50. The molecular weight excluding hydrogens is 258 g/mol. The molecule has 0 atom stereocenters. The van der Waals surface area contributed by atoms with Crippen molar-refractivity contribution in [3.05, 3.63) is 39.9 Å². The quantitative estimate of drug-likeness (QED) is 0.480. The molecule has 1 aromatic rings. The average Bonchev–Trinajstić information content (AvgIpc) is 2.27. The summed E-state index contributed by atoms with van der Waals surface area (Å²) in [5, 5.41) is 10.6. The van der Waals surface area contributed by atoms with E-state index in [-0.39, 0.29) is 11.7 Å². The van der Waals surface area contributed by atoms with Gasteiger partial charge in [-0.15, -0.1) is 0 Å². The number of carbonyl (C=O) groups excluding carboxylic acids is 1. The second-order valence-corrected chi connectivity index (χ2v) is 6.50. The Morgan fingerprint density at radius 3 is 2.05 bits per heavy atom. The van der Waals surface area contributed by atoms with Crippen molar-refractivity contribution in [3.8, 4) is 0 Å². The van der Waals surface area contributed by atoms with Gasteiger partial charge in [-0.2, -0.15) is 0 Å². The fraction of sp³-hybridized carbons (Fsp3) is 0.533. The summed E-state index contributed by atoms with van der Waals surface area (Å²) in [5.74, 6) is -0.260. The van der Waals surface area contributed by atoms with E-state index in [0.717, 1.165) is 5.56 Å². The summed E-state index contributed by atoms with van der Waals surface area (Å²) in [4.78, 5) is 22.1. The summed E-state index contributed by atoms with van der Waals surface area (Å²) in [6.45, 7) is 9.07. The zero-order chi connectivity index (χ0) is 15.6. The fourth-order valence-corrected chi connectivity index (χ4v) is 1.67. The first-order valence-electron chi connectivity index (χ1n) is 6.48. The van der Waals surface area contributed by atoms with E-state index >= 15 is 0 Å². The molecule has 1 aromatic carbocycles. The van der Waals surface area contributed by atoms with Crippen LogP contribution in [0.4, 0.5) is 5.69 Å². The first-order valence-corrected chi connectivity index (χ1v) is 6.48. The summed E-state index contributed by atoms with van der Waals surface area (Å²) >= 11 is 0. The van der Waals surface area contributed by atoms with Crippen molar-refractivity contribution in [2.75, 3.05) is 0 Å². The minimum atomic E-state index is -0.652. The molecule has 0 saturated carbocycles. The maximum absolute atomic E-state index is 11.9. The van der Waals surface area contributed by atoms with E-state index in [9.17, 15) is 14.9 Å². The van der Waals surface area contributed by atoms with E-state index < -0.39 is 15.9 Å². The number of nitrogens with zero attached hydrogens (tertiary/aromatic N) is 1. The highest BCUT2D eigenvalue weighted by Crippen LogP contribution is 2.24. The van der Waals surface area contributed by atoms with Crippen LogP contribution in [0, 0.1) is 15.5 Å². The zero-order valence-electron chi connectivity index (χ0n) is 12.6. The van der Waals surface area contributed by atoms with E-state index in [1.54, 1.807) is 32.9 Å². The van der Waals surface area contributed by atoms with Crippen LogP contribution >= 0.6 is 0 Å². The Labute approximate surface area is 119 Å². The number of hydrogen-bond donors (Lipinski definition) is 0. The van der Waals surface area contributed by atoms with Gasteiger partial charge in [0.1, 0.15) is 5.60 Å². The molecule has 0 fully saturated rings. The van der Waals surface area contributed by atoms with Crippen LogP contribution in [0.5, 0.6) is 0 Å². The van der Waals surface area contributed by atoms with Crippen molar-refractivity contribution >= 4 is 11.7 Å². The predicted octanol–water partition coefficient (Wildman–Crippen LogP) is 3.51. The van der Waals surface area contributed by atoms with Crippen molar-refractivity contribution in [2.24, 2.45) is 5.41 Å². The molecule has 0 aliphatic carbocycles. The summed E-state index contributed by atoms with van der Waals surface area (Å²) in [6.07, 6.45) is 0.507. The maximum Gasteiger partial charge on any atom is 0.311 e. The van der Waals surface area contributed by atoms with Crippen LogP contribution in [-0.4, -0.2) is 16.5 Å². The van der Waals surface area contributed by atoms with Crippen LogP contribution < -0.4 is 0 Å². The largest absolute Gasteiger partial charge is 0.459 e.